The number of carboxylic acid groups (broad SMARTS) is 1. The number of carbonyl (C=O) groups excluding carboxylic acids is 1. The number of carbonyl (C=O) groups is 2. The van der Waals surface area contributed by atoms with E-state index >= 15 is 0 Å². The molecule has 0 spiro atoms. The summed E-state index contributed by atoms with van der Waals surface area (Å²) in [5, 5.41) is 15.6. The van der Waals surface area contributed by atoms with Crippen LogP contribution in [0.5, 0.6) is 0 Å². The van der Waals surface area contributed by atoms with Crippen LogP contribution in [-0.4, -0.2) is 44.9 Å². The molecule has 1 heterocycles. The summed E-state index contributed by atoms with van der Waals surface area (Å²) < 4.78 is 1.73. The van der Waals surface area contributed by atoms with Crippen molar-refractivity contribution in [3.8, 4) is 12.3 Å². The quantitative estimate of drug-likeness (QED) is 0.757. The molecule has 1 rings (SSSR count). The van der Waals surface area contributed by atoms with Gasteiger partial charge in [0, 0.05) is 24.8 Å². The Morgan fingerprint density at radius 2 is 2.15 bits per heavy atom. The lowest BCUT2D eigenvalue weighted by Crippen LogP contribution is -2.42. The molecule has 0 unspecified atom stereocenters. The second-order valence-electron chi connectivity index (χ2n) is 4.39. The van der Waals surface area contributed by atoms with Crippen molar-refractivity contribution in [1.82, 2.24) is 20.0 Å². The number of aryl methyl sites for hydroxylation is 2. The van der Waals surface area contributed by atoms with Crippen LogP contribution < -0.4 is 5.32 Å². The molecular weight excluding hydrogens is 260 g/mol. The van der Waals surface area contributed by atoms with Crippen LogP contribution in [0.25, 0.3) is 0 Å². The Balaban J connectivity index is 2.70. The molecule has 1 aromatic rings. The molecule has 7 nitrogen and oxygen atoms in total. The number of amides is 2. The van der Waals surface area contributed by atoms with Gasteiger partial charge in [-0.2, -0.15) is 5.10 Å². The molecule has 108 valence electrons. The third-order valence-corrected chi connectivity index (χ3v) is 2.97. The SMILES string of the molecule is C#CCN(CC(=O)O)C(=O)NCc1c(C)nn(C)c1C. The summed E-state index contributed by atoms with van der Waals surface area (Å²) in [5.41, 5.74) is 2.69. The number of rotatable bonds is 5. The average Bonchev–Trinajstić information content (AvgIpc) is 2.60. The van der Waals surface area contributed by atoms with E-state index in [0.29, 0.717) is 0 Å². The Bertz CT molecular complexity index is 557. The zero-order valence-corrected chi connectivity index (χ0v) is 11.8. The van der Waals surface area contributed by atoms with Crippen molar-refractivity contribution in [2.24, 2.45) is 7.05 Å². The molecule has 1 aromatic heterocycles. The van der Waals surface area contributed by atoms with Crippen molar-refractivity contribution < 1.29 is 14.7 Å². The first-order valence-electron chi connectivity index (χ1n) is 6.04. The molecule has 0 saturated carbocycles. The Kier molecular flexibility index (Phi) is 5.15. The van der Waals surface area contributed by atoms with Gasteiger partial charge in [-0.15, -0.1) is 6.42 Å². The highest BCUT2D eigenvalue weighted by molar-refractivity contribution is 5.80. The van der Waals surface area contributed by atoms with E-state index in [1.54, 1.807) is 4.68 Å². The fourth-order valence-corrected chi connectivity index (χ4v) is 1.82. The molecule has 0 bridgehead atoms. The van der Waals surface area contributed by atoms with Crippen molar-refractivity contribution in [3.63, 3.8) is 0 Å². The van der Waals surface area contributed by atoms with E-state index in [1.165, 1.54) is 0 Å². The first-order valence-corrected chi connectivity index (χ1v) is 6.04. The number of hydrogen-bond donors (Lipinski definition) is 2. The third kappa shape index (κ3) is 3.75. The standard InChI is InChI=1S/C13H18N4O3/c1-5-6-17(8-12(18)19)13(20)14-7-11-9(2)15-16(4)10(11)3/h1H,6-8H2,2-4H3,(H,14,20)(H,18,19). The van der Waals surface area contributed by atoms with Crippen LogP contribution in [0.3, 0.4) is 0 Å². The third-order valence-electron chi connectivity index (χ3n) is 2.97. The monoisotopic (exact) mass is 278 g/mol. The number of terminal acetylenes is 1. The van der Waals surface area contributed by atoms with Crippen LogP contribution in [0.4, 0.5) is 4.79 Å². The molecule has 0 aromatic carbocycles. The van der Waals surface area contributed by atoms with E-state index in [-0.39, 0.29) is 13.1 Å². The van der Waals surface area contributed by atoms with Gasteiger partial charge in [0.2, 0.25) is 0 Å². The number of nitrogens with one attached hydrogen (secondary N) is 1. The minimum Gasteiger partial charge on any atom is -0.480 e. The summed E-state index contributed by atoms with van der Waals surface area (Å²) in [6, 6.07) is -0.506. The largest absolute Gasteiger partial charge is 0.480 e. The van der Waals surface area contributed by atoms with E-state index in [9.17, 15) is 9.59 Å². The summed E-state index contributed by atoms with van der Waals surface area (Å²) in [6.07, 6.45) is 5.12. The Morgan fingerprint density at radius 3 is 2.60 bits per heavy atom. The predicted octanol–water partition coefficient (Wildman–Crippen LogP) is 0.266. The lowest BCUT2D eigenvalue weighted by molar-refractivity contribution is -0.137. The van der Waals surface area contributed by atoms with Crippen LogP contribution in [0.2, 0.25) is 0 Å². The summed E-state index contributed by atoms with van der Waals surface area (Å²) in [6.45, 7) is 3.55. The highest BCUT2D eigenvalue weighted by Gasteiger charge is 2.17. The molecule has 7 heteroatoms. The van der Waals surface area contributed by atoms with Gasteiger partial charge in [0.05, 0.1) is 12.2 Å². The number of aromatic nitrogens is 2. The molecule has 0 radical (unpaired) electrons. The molecule has 0 saturated heterocycles. The molecule has 0 atom stereocenters. The molecule has 0 aliphatic carbocycles. The number of hydrogen-bond acceptors (Lipinski definition) is 3. The second kappa shape index (κ2) is 6.61. The Hall–Kier alpha value is -2.49. The van der Waals surface area contributed by atoms with Gasteiger partial charge in [-0.05, 0) is 13.8 Å². The zero-order valence-electron chi connectivity index (χ0n) is 11.8. The van der Waals surface area contributed by atoms with Gasteiger partial charge in [-0.1, -0.05) is 5.92 Å². The maximum absolute atomic E-state index is 11.9. The van der Waals surface area contributed by atoms with Gasteiger partial charge < -0.3 is 15.3 Å². The van der Waals surface area contributed by atoms with Crippen molar-refractivity contribution in [2.45, 2.75) is 20.4 Å². The van der Waals surface area contributed by atoms with Crippen molar-refractivity contribution >= 4 is 12.0 Å². The first kappa shape index (κ1) is 15.6. The van der Waals surface area contributed by atoms with E-state index in [0.717, 1.165) is 21.9 Å². The van der Waals surface area contributed by atoms with E-state index in [2.05, 4.69) is 16.3 Å². The van der Waals surface area contributed by atoms with E-state index < -0.39 is 18.5 Å². The van der Waals surface area contributed by atoms with Gasteiger partial charge in [-0.25, -0.2) is 4.79 Å². The summed E-state index contributed by atoms with van der Waals surface area (Å²) in [7, 11) is 1.82. The predicted molar refractivity (Wildman–Crippen MR) is 73.0 cm³/mol. The maximum Gasteiger partial charge on any atom is 0.323 e. The minimum absolute atomic E-state index is 0.0524. The zero-order chi connectivity index (χ0) is 15.3. The van der Waals surface area contributed by atoms with Gasteiger partial charge in [0.25, 0.3) is 0 Å². The van der Waals surface area contributed by atoms with E-state index in [4.69, 9.17) is 11.5 Å². The lowest BCUT2D eigenvalue weighted by Gasteiger charge is -2.18. The second-order valence-corrected chi connectivity index (χ2v) is 4.39. The van der Waals surface area contributed by atoms with Crippen molar-refractivity contribution in [2.75, 3.05) is 13.1 Å². The highest BCUT2D eigenvalue weighted by Crippen LogP contribution is 2.11. The Labute approximate surface area is 117 Å². The van der Waals surface area contributed by atoms with Crippen LogP contribution in [-0.2, 0) is 18.4 Å². The molecular formula is C13H18N4O3. The molecule has 0 aliphatic rings. The first-order chi connectivity index (χ1) is 9.36. The highest BCUT2D eigenvalue weighted by atomic mass is 16.4. The number of urea groups is 1. The molecule has 2 amide bonds. The smallest absolute Gasteiger partial charge is 0.323 e. The maximum atomic E-state index is 11.9. The lowest BCUT2D eigenvalue weighted by atomic mass is 10.2. The summed E-state index contributed by atoms with van der Waals surface area (Å²) in [5.74, 6) is 1.16. The molecule has 0 aliphatic heterocycles. The van der Waals surface area contributed by atoms with Crippen LogP contribution in [0.1, 0.15) is 17.0 Å². The van der Waals surface area contributed by atoms with Crippen LogP contribution in [0.15, 0.2) is 0 Å². The number of carboxylic acids is 1. The van der Waals surface area contributed by atoms with E-state index in [1.807, 2.05) is 20.9 Å². The fourth-order valence-electron chi connectivity index (χ4n) is 1.82. The van der Waals surface area contributed by atoms with Crippen LogP contribution >= 0.6 is 0 Å². The van der Waals surface area contributed by atoms with Crippen molar-refractivity contribution in [3.05, 3.63) is 17.0 Å². The molecule has 20 heavy (non-hydrogen) atoms. The molecule has 2 N–H and O–H groups in total. The normalized spacial score (nSPS) is 9.90. The van der Waals surface area contributed by atoms with Gasteiger partial charge in [0.15, 0.2) is 0 Å². The van der Waals surface area contributed by atoms with Gasteiger partial charge in [0.1, 0.15) is 6.54 Å². The summed E-state index contributed by atoms with van der Waals surface area (Å²) in [4.78, 5) is 23.6. The van der Waals surface area contributed by atoms with Crippen LogP contribution in [0, 0.1) is 26.2 Å². The van der Waals surface area contributed by atoms with Gasteiger partial charge in [-0.3, -0.25) is 9.48 Å². The van der Waals surface area contributed by atoms with Crippen molar-refractivity contribution in [1.29, 1.82) is 0 Å². The Morgan fingerprint density at radius 1 is 1.50 bits per heavy atom. The number of nitrogens with zero attached hydrogens (tertiary/aromatic N) is 3. The van der Waals surface area contributed by atoms with Gasteiger partial charge >= 0.3 is 12.0 Å². The minimum atomic E-state index is -1.11. The summed E-state index contributed by atoms with van der Waals surface area (Å²) >= 11 is 0. The molecule has 0 fully saturated rings. The topological polar surface area (TPSA) is 87.5 Å². The fraction of sp³-hybridized carbons (Fsp3) is 0.462. The average molecular weight is 278 g/mol. The number of aliphatic carboxylic acids is 1.